The number of pyridine rings is 1. The molecular weight excluding hydrogens is 633 g/mol. The highest BCUT2D eigenvalue weighted by atomic mass is 35.5. The van der Waals surface area contributed by atoms with Crippen molar-refractivity contribution >= 4 is 40.9 Å². The third kappa shape index (κ3) is 7.18. The number of nitrogens with zero attached hydrogens (tertiary/aromatic N) is 2. The van der Waals surface area contributed by atoms with Gasteiger partial charge in [-0.2, -0.15) is 17.9 Å². The van der Waals surface area contributed by atoms with Gasteiger partial charge in [-0.1, -0.05) is 11.6 Å². The van der Waals surface area contributed by atoms with Crippen molar-refractivity contribution in [3.63, 3.8) is 0 Å². The second-order valence-electron chi connectivity index (χ2n) is 9.50. The summed E-state index contributed by atoms with van der Waals surface area (Å²) in [6, 6.07) is 8.80. The molecule has 45 heavy (non-hydrogen) atoms. The summed E-state index contributed by atoms with van der Waals surface area (Å²) < 4.78 is 52.1. The van der Waals surface area contributed by atoms with Crippen LogP contribution in [0.3, 0.4) is 0 Å². The van der Waals surface area contributed by atoms with Crippen LogP contribution in [0.25, 0.3) is 0 Å². The number of hydrogen-bond donors (Lipinski definition) is 6. The van der Waals surface area contributed by atoms with E-state index >= 15 is 0 Å². The minimum Gasteiger partial charge on any atom is -0.618 e. The standard InChI is InChI=1S/C27H24ClF3N4O10/c1-32-23(39)18-11-15(8-9-34(18)43)44-14-5-2-12(3-6-14)33-26(42)35(13-4-7-17(28)16(10-13)27(29,30)31)24-21(38)19(36)20(37)22(45-24)25(40)41/h2-11,19-22,24,36-38H,1H3,(H,32,39)(H,33,42)(H,40,41)/t19-,20-,21+,22-,24+/m0/s1. The zero-order valence-corrected chi connectivity index (χ0v) is 23.6. The molecule has 1 aliphatic heterocycles. The van der Waals surface area contributed by atoms with Gasteiger partial charge in [-0.05, 0) is 42.5 Å². The summed E-state index contributed by atoms with van der Waals surface area (Å²) in [6.45, 7) is 0. The molecule has 1 fully saturated rings. The highest BCUT2D eigenvalue weighted by Crippen LogP contribution is 2.38. The normalized spacial score (nSPS) is 21.5. The van der Waals surface area contributed by atoms with E-state index in [0.29, 0.717) is 15.7 Å². The molecule has 1 aromatic heterocycles. The monoisotopic (exact) mass is 656 g/mol. The van der Waals surface area contributed by atoms with Crippen LogP contribution < -0.4 is 25.0 Å². The minimum absolute atomic E-state index is 0.0273. The average molecular weight is 657 g/mol. The molecule has 0 unspecified atom stereocenters. The molecule has 0 radical (unpaired) electrons. The number of benzene rings is 2. The maximum atomic E-state index is 13.7. The van der Waals surface area contributed by atoms with E-state index in [-0.39, 0.29) is 22.9 Å². The van der Waals surface area contributed by atoms with Crippen molar-refractivity contribution in [2.75, 3.05) is 17.3 Å². The molecule has 3 aromatic rings. The molecule has 0 aliphatic carbocycles. The van der Waals surface area contributed by atoms with Gasteiger partial charge < -0.3 is 45.7 Å². The number of carbonyl (C=O) groups excluding carboxylic acids is 2. The Morgan fingerprint density at radius 3 is 2.27 bits per heavy atom. The lowest BCUT2D eigenvalue weighted by Crippen LogP contribution is -2.65. The maximum Gasteiger partial charge on any atom is 0.417 e. The SMILES string of the molecule is CNC(=O)c1cc(Oc2ccc(NC(=O)N(c3ccc(Cl)c(C(F)(F)F)c3)[C@@H]3O[C@H](C(=O)O)[C@@H](O)[C@H](O)[C@H]3O)cc2)cc[n+]1[O-]. The summed E-state index contributed by atoms with van der Waals surface area (Å²) in [4.78, 5) is 37.5. The summed E-state index contributed by atoms with van der Waals surface area (Å²) in [5.74, 6) is -2.15. The van der Waals surface area contributed by atoms with Crippen molar-refractivity contribution in [3.8, 4) is 11.5 Å². The topological polar surface area (TPSA) is 205 Å². The number of carbonyl (C=O) groups is 3. The van der Waals surface area contributed by atoms with E-state index in [1.165, 1.54) is 43.4 Å². The van der Waals surface area contributed by atoms with Crippen molar-refractivity contribution in [1.82, 2.24) is 5.32 Å². The van der Waals surface area contributed by atoms with Crippen molar-refractivity contribution in [2.24, 2.45) is 0 Å². The number of rotatable bonds is 7. The number of urea groups is 1. The Morgan fingerprint density at radius 2 is 1.67 bits per heavy atom. The largest absolute Gasteiger partial charge is 0.618 e. The fraction of sp³-hybridized carbons (Fsp3) is 0.259. The zero-order chi connectivity index (χ0) is 33.2. The molecule has 14 nitrogen and oxygen atoms in total. The first-order valence-corrected chi connectivity index (χ1v) is 13.1. The number of ether oxygens (including phenoxy) is 2. The van der Waals surface area contributed by atoms with Gasteiger partial charge in [0, 0.05) is 24.5 Å². The van der Waals surface area contributed by atoms with Crippen LogP contribution in [-0.4, -0.2) is 76.0 Å². The first-order valence-electron chi connectivity index (χ1n) is 12.7. The number of aliphatic hydroxyl groups excluding tert-OH is 3. The molecule has 6 N–H and O–H groups in total. The number of amides is 3. The van der Waals surface area contributed by atoms with E-state index in [1.54, 1.807) is 0 Å². The van der Waals surface area contributed by atoms with Crippen LogP contribution in [0.5, 0.6) is 11.5 Å². The first-order chi connectivity index (χ1) is 21.1. The Kier molecular flexibility index (Phi) is 9.69. The number of alkyl halides is 3. The second-order valence-corrected chi connectivity index (χ2v) is 9.91. The van der Waals surface area contributed by atoms with Gasteiger partial charge in [0.1, 0.15) is 29.8 Å². The number of halogens is 4. The number of carboxylic acids is 1. The van der Waals surface area contributed by atoms with Crippen LogP contribution in [0.4, 0.5) is 29.3 Å². The fourth-order valence-electron chi connectivity index (χ4n) is 4.29. The van der Waals surface area contributed by atoms with Crippen LogP contribution in [0.2, 0.25) is 5.02 Å². The fourth-order valence-corrected chi connectivity index (χ4v) is 4.51. The van der Waals surface area contributed by atoms with Crippen LogP contribution in [-0.2, 0) is 15.7 Å². The molecular formula is C27H24ClF3N4O10. The summed E-state index contributed by atoms with van der Waals surface area (Å²) in [7, 11) is 1.34. The number of hydrogen-bond acceptors (Lipinski definition) is 9. The minimum atomic E-state index is -4.98. The molecule has 18 heteroatoms. The average Bonchev–Trinajstić information content (AvgIpc) is 2.98. The van der Waals surface area contributed by atoms with Gasteiger partial charge in [0.15, 0.2) is 18.5 Å². The molecule has 0 bridgehead atoms. The van der Waals surface area contributed by atoms with Gasteiger partial charge in [0.25, 0.3) is 5.69 Å². The van der Waals surface area contributed by atoms with Gasteiger partial charge >= 0.3 is 24.1 Å². The van der Waals surface area contributed by atoms with Crippen LogP contribution in [0.1, 0.15) is 16.1 Å². The summed E-state index contributed by atoms with van der Waals surface area (Å²) >= 11 is 5.71. The molecule has 2 aromatic carbocycles. The lowest BCUT2D eigenvalue weighted by molar-refractivity contribution is -0.607. The van der Waals surface area contributed by atoms with E-state index in [4.69, 9.17) is 21.1 Å². The molecule has 2 heterocycles. The molecule has 4 rings (SSSR count). The van der Waals surface area contributed by atoms with Crippen molar-refractivity contribution < 1.29 is 62.2 Å². The summed E-state index contributed by atoms with van der Waals surface area (Å²) in [6.07, 6.45) is -14.7. The maximum absolute atomic E-state index is 13.7. The van der Waals surface area contributed by atoms with E-state index in [2.05, 4.69) is 10.6 Å². The molecule has 240 valence electrons. The molecule has 3 amide bonds. The Balaban J connectivity index is 1.64. The Morgan fingerprint density at radius 1 is 1.00 bits per heavy atom. The van der Waals surface area contributed by atoms with E-state index in [9.17, 15) is 53.2 Å². The molecule has 0 spiro atoms. The van der Waals surface area contributed by atoms with Crippen molar-refractivity contribution in [2.45, 2.75) is 36.8 Å². The Bertz CT molecular complexity index is 1590. The number of aromatic nitrogens is 1. The predicted molar refractivity (Wildman–Crippen MR) is 148 cm³/mol. The highest BCUT2D eigenvalue weighted by Gasteiger charge is 2.50. The molecule has 1 saturated heterocycles. The van der Waals surface area contributed by atoms with Gasteiger partial charge in [0.2, 0.25) is 0 Å². The van der Waals surface area contributed by atoms with E-state index in [0.717, 1.165) is 18.3 Å². The highest BCUT2D eigenvalue weighted by molar-refractivity contribution is 6.31. The van der Waals surface area contributed by atoms with Gasteiger partial charge in [-0.3, -0.25) is 9.69 Å². The van der Waals surface area contributed by atoms with Gasteiger partial charge in [-0.15, -0.1) is 0 Å². The summed E-state index contributed by atoms with van der Waals surface area (Å²) in [5, 5.41) is 56.2. The van der Waals surface area contributed by atoms with Crippen LogP contribution >= 0.6 is 11.6 Å². The molecule has 0 saturated carbocycles. The third-order valence-electron chi connectivity index (χ3n) is 6.53. The number of aliphatic carboxylic acids is 1. The lowest BCUT2D eigenvalue weighted by atomic mass is 9.97. The number of anilines is 2. The van der Waals surface area contributed by atoms with E-state index < -0.39 is 71.0 Å². The quantitative estimate of drug-likeness (QED) is 0.161. The number of aliphatic hydroxyl groups is 3. The van der Waals surface area contributed by atoms with Crippen LogP contribution in [0, 0.1) is 5.21 Å². The second kappa shape index (κ2) is 13.1. The Hall–Kier alpha value is -4.68. The van der Waals surface area contributed by atoms with Gasteiger partial charge in [-0.25, -0.2) is 9.59 Å². The zero-order valence-electron chi connectivity index (χ0n) is 22.8. The smallest absolute Gasteiger partial charge is 0.417 e. The first kappa shape index (κ1) is 33.2. The molecule has 1 aliphatic rings. The van der Waals surface area contributed by atoms with Crippen LogP contribution in [0.15, 0.2) is 60.8 Å². The third-order valence-corrected chi connectivity index (χ3v) is 6.86. The lowest BCUT2D eigenvalue weighted by Gasteiger charge is -2.43. The van der Waals surface area contributed by atoms with Gasteiger partial charge in [0.05, 0.1) is 16.7 Å². The summed E-state index contributed by atoms with van der Waals surface area (Å²) in [5.41, 5.74) is -2.15. The van der Waals surface area contributed by atoms with Crippen molar-refractivity contribution in [1.29, 1.82) is 0 Å². The molecule has 5 atom stereocenters. The number of carboxylic acid groups (broad SMARTS) is 1. The van der Waals surface area contributed by atoms with Crippen molar-refractivity contribution in [3.05, 3.63) is 82.3 Å². The van der Waals surface area contributed by atoms with E-state index in [1.807, 2.05) is 0 Å². The predicted octanol–water partition coefficient (Wildman–Crippen LogP) is 2.07. The number of nitrogens with one attached hydrogen (secondary N) is 2. The Labute approximate surface area is 256 Å².